The fourth-order valence-electron chi connectivity index (χ4n) is 3.10. The predicted molar refractivity (Wildman–Crippen MR) is 101 cm³/mol. The van der Waals surface area contributed by atoms with Gasteiger partial charge >= 0.3 is 0 Å². The van der Waals surface area contributed by atoms with E-state index in [1.807, 2.05) is 54.8 Å². The van der Waals surface area contributed by atoms with Gasteiger partial charge in [-0.1, -0.05) is 6.08 Å². The van der Waals surface area contributed by atoms with Crippen LogP contribution in [0.3, 0.4) is 0 Å². The first-order chi connectivity index (χ1) is 12.0. The second kappa shape index (κ2) is 7.15. The molecule has 0 N–H and O–H groups in total. The van der Waals surface area contributed by atoms with Crippen LogP contribution < -0.4 is 4.74 Å². The average molecular weight is 339 g/mol. The van der Waals surface area contributed by atoms with Gasteiger partial charge in [-0.3, -0.25) is 9.36 Å². The first-order valence-electron chi connectivity index (χ1n) is 8.46. The monoisotopic (exact) mass is 339 g/mol. The van der Waals surface area contributed by atoms with Gasteiger partial charge in [0.25, 0.3) is 5.91 Å². The minimum absolute atomic E-state index is 0.0190. The van der Waals surface area contributed by atoms with Crippen molar-refractivity contribution < 1.29 is 9.53 Å². The van der Waals surface area contributed by atoms with Crippen LogP contribution in [0.5, 0.6) is 5.75 Å². The van der Waals surface area contributed by atoms with Crippen LogP contribution in [0.4, 0.5) is 0 Å². The number of hydrogen-bond donors (Lipinski definition) is 0. The maximum atomic E-state index is 13.1. The highest BCUT2D eigenvalue weighted by Crippen LogP contribution is 2.28. The number of rotatable bonds is 5. The Morgan fingerprint density at radius 1 is 1.32 bits per heavy atom. The van der Waals surface area contributed by atoms with Crippen LogP contribution in [0.25, 0.3) is 10.9 Å². The smallest absolute Gasteiger partial charge is 0.260 e. The first kappa shape index (κ1) is 17.3. The highest BCUT2D eigenvalue weighted by molar-refractivity contribution is 6.03. The topological polar surface area (TPSA) is 37.7 Å². The van der Waals surface area contributed by atoms with Gasteiger partial charge in [0.15, 0.2) is 0 Å². The molecule has 3 rings (SSSR count). The summed E-state index contributed by atoms with van der Waals surface area (Å²) in [4.78, 5) is 17.2. The van der Waals surface area contributed by atoms with E-state index in [1.165, 1.54) is 5.56 Å². The van der Waals surface area contributed by atoms with Crippen LogP contribution in [-0.2, 0) is 6.42 Å². The summed E-state index contributed by atoms with van der Waals surface area (Å²) in [6.45, 7) is 0.938. The normalized spacial score (nSPS) is 14.3. The Morgan fingerprint density at radius 2 is 2.12 bits per heavy atom. The first-order valence-corrected chi connectivity index (χ1v) is 8.46. The van der Waals surface area contributed by atoms with Crippen molar-refractivity contribution in [1.29, 1.82) is 0 Å². The number of ether oxygens (including phenoxy) is 1. The van der Waals surface area contributed by atoms with Gasteiger partial charge in [0.2, 0.25) is 0 Å². The molecule has 0 unspecified atom stereocenters. The quantitative estimate of drug-likeness (QED) is 0.839. The van der Waals surface area contributed by atoms with Crippen LogP contribution in [0.15, 0.2) is 48.4 Å². The third-order valence-electron chi connectivity index (χ3n) is 4.45. The van der Waals surface area contributed by atoms with Gasteiger partial charge in [0.1, 0.15) is 5.75 Å². The summed E-state index contributed by atoms with van der Waals surface area (Å²) < 4.78 is 7.13. The Morgan fingerprint density at radius 3 is 2.80 bits per heavy atom. The van der Waals surface area contributed by atoms with Crippen LogP contribution >= 0.6 is 0 Å². The predicted octanol–water partition coefficient (Wildman–Crippen LogP) is 3.13. The molecular weight excluding hydrogens is 314 g/mol. The van der Waals surface area contributed by atoms with Gasteiger partial charge in [-0.25, -0.2) is 0 Å². The van der Waals surface area contributed by atoms with E-state index in [9.17, 15) is 4.79 Å². The summed E-state index contributed by atoms with van der Waals surface area (Å²) in [7, 11) is 7.69. The van der Waals surface area contributed by atoms with Crippen molar-refractivity contribution in [3.8, 4) is 5.75 Å². The maximum absolute atomic E-state index is 13.1. The molecule has 0 amide bonds. The fraction of sp³-hybridized carbons (Fsp3) is 0.350. The number of methoxy groups -OCH3 is 1. The van der Waals surface area contributed by atoms with Gasteiger partial charge < -0.3 is 14.5 Å². The number of benzene rings is 1. The molecule has 25 heavy (non-hydrogen) atoms. The molecule has 1 aliphatic heterocycles. The van der Waals surface area contributed by atoms with Crippen molar-refractivity contribution in [2.45, 2.75) is 12.8 Å². The van der Waals surface area contributed by atoms with E-state index < -0.39 is 0 Å². The zero-order chi connectivity index (χ0) is 18.0. The minimum Gasteiger partial charge on any atom is -0.497 e. The number of aromatic nitrogens is 1. The Labute approximate surface area is 148 Å². The average Bonchev–Trinajstić information content (AvgIpc) is 2.97. The van der Waals surface area contributed by atoms with Crippen molar-refractivity contribution in [1.82, 2.24) is 14.4 Å². The fourth-order valence-corrected chi connectivity index (χ4v) is 3.10. The van der Waals surface area contributed by atoms with Crippen LogP contribution in [0.1, 0.15) is 16.8 Å². The third kappa shape index (κ3) is 3.61. The molecule has 5 nitrogen and oxygen atoms in total. The highest BCUT2D eigenvalue weighted by Gasteiger charge is 2.19. The number of allylic oxidation sites excluding steroid dienone is 2. The van der Waals surface area contributed by atoms with E-state index >= 15 is 0 Å². The number of fused-ring (bicyclic) bond motifs is 1. The number of carbonyl (C=O) groups is 1. The zero-order valence-corrected chi connectivity index (χ0v) is 15.3. The van der Waals surface area contributed by atoms with E-state index in [2.05, 4.69) is 19.0 Å². The van der Waals surface area contributed by atoms with E-state index in [1.54, 1.807) is 11.7 Å². The number of likely N-dealkylation sites (N-methyl/N-ethyl adjacent to an activating group) is 1. The summed E-state index contributed by atoms with van der Waals surface area (Å²) in [5.41, 5.74) is 2.86. The molecule has 1 aliphatic rings. The Kier molecular flexibility index (Phi) is 4.95. The summed E-state index contributed by atoms with van der Waals surface area (Å²) in [5, 5.41) is 1.11. The SMILES string of the molecule is COc1ccc2c(CCN(C)C)cn(C(=O)C3=CN(C)C=CC3)c2c1. The van der Waals surface area contributed by atoms with Crippen LogP contribution in [0.2, 0.25) is 0 Å². The molecule has 0 fully saturated rings. The molecule has 2 aromatic rings. The second-order valence-corrected chi connectivity index (χ2v) is 6.67. The maximum Gasteiger partial charge on any atom is 0.260 e. The summed E-state index contributed by atoms with van der Waals surface area (Å²) in [6.07, 6.45) is 9.40. The van der Waals surface area contributed by atoms with Gasteiger partial charge in [0.05, 0.1) is 12.6 Å². The summed E-state index contributed by atoms with van der Waals surface area (Å²) in [6, 6.07) is 5.94. The third-order valence-corrected chi connectivity index (χ3v) is 4.45. The van der Waals surface area contributed by atoms with Gasteiger partial charge in [-0.2, -0.15) is 0 Å². The molecule has 1 aromatic heterocycles. The molecule has 5 heteroatoms. The lowest BCUT2D eigenvalue weighted by atomic mass is 10.1. The van der Waals surface area contributed by atoms with E-state index in [-0.39, 0.29) is 5.91 Å². The molecule has 0 saturated carbocycles. The van der Waals surface area contributed by atoms with Crippen molar-refractivity contribution >= 4 is 16.8 Å². The largest absolute Gasteiger partial charge is 0.497 e. The molecule has 132 valence electrons. The second-order valence-electron chi connectivity index (χ2n) is 6.67. The lowest BCUT2D eigenvalue weighted by molar-refractivity contribution is 0.0955. The highest BCUT2D eigenvalue weighted by atomic mass is 16.5. The molecule has 0 saturated heterocycles. The minimum atomic E-state index is 0.0190. The number of carbonyl (C=O) groups excluding carboxylic acids is 1. The molecule has 0 spiro atoms. The van der Waals surface area contributed by atoms with Crippen molar-refractivity contribution in [3.05, 3.63) is 54.0 Å². The standard InChI is InChI=1S/C20H25N3O2/c1-21(2)11-9-15-14-23(19-12-17(25-4)7-8-18(15)19)20(24)16-6-5-10-22(3)13-16/h5,7-8,10,12-14H,6,9,11H2,1-4H3. The molecule has 0 atom stereocenters. The van der Waals surface area contributed by atoms with E-state index in [0.717, 1.165) is 35.2 Å². The van der Waals surface area contributed by atoms with Crippen LogP contribution in [-0.4, -0.2) is 55.1 Å². The molecule has 0 aliphatic carbocycles. The van der Waals surface area contributed by atoms with Crippen molar-refractivity contribution in [3.63, 3.8) is 0 Å². The summed E-state index contributed by atoms with van der Waals surface area (Å²) >= 11 is 0. The molecular formula is C20H25N3O2. The van der Waals surface area contributed by atoms with E-state index in [0.29, 0.717) is 6.42 Å². The Balaban J connectivity index is 2.05. The van der Waals surface area contributed by atoms with Gasteiger partial charge in [0, 0.05) is 43.0 Å². The molecule has 2 heterocycles. The van der Waals surface area contributed by atoms with Crippen molar-refractivity contribution in [2.75, 3.05) is 34.8 Å². The van der Waals surface area contributed by atoms with Gasteiger partial charge in [-0.05, 0) is 50.8 Å². The lowest BCUT2D eigenvalue weighted by Gasteiger charge is -2.16. The molecule has 1 aromatic carbocycles. The van der Waals surface area contributed by atoms with Gasteiger partial charge in [-0.15, -0.1) is 0 Å². The summed E-state index contributed by atoms with van der Waals surface area (Å²) in [5.74, 6) is 0.777. The number of nitrogens with zero attached hydrogens (tertiary/aromatic N) is 3. The lowest BCUT2D eigenvalue weighted by Crippen LogP contribution is -2.17. The Bertz CT molecular complexity index is 846. The van der Waals surface area contributed by atoms with Crippen LogP contribution in [0, 0.1) is 0 Å². The molecule has 0 radical (unpaired) electrons. The van der Waals surface area contributed by atoms with Crippen molar-refractivity contribution in [2.24, 2.45) is 0 Å². The number of hydrogen-bond acceptors (Lipinski definition) is 4. The zero-order valence-electron chi connectivity index (χ0n) is 15.3. The Hall–Kier alpha value is -2.53. The molecule has 0 bridgehead atoms. The van der Waals surface area contributed by atoms with E-state index in [4.69, 9.17) is 4.74 Å².